The van der Waals surface area contributed by atoms with Crippen molar-refractivity contribution in [3.63, 3.8) is 0 Å². The van der Waals surface area contributed by atoms with Gasteiger partial charge < -0.3 is 4.59 Å². The minimum absolute atomic E-state index is 0. The molecule has 1 aromatic heterocycles. The van der Waals surface area contributed by atoms with Crippen LogP contribution in [0.1, 0.15) is 0 Å². The van der Waals surface area contributed by atoms with Crippen molar-refractivity contribution in [1.82, 2.24) is 9.27 Å². The summed E-state index contributed by atoms with van der Waals surface area (Å²) in [6, 6.07) is 28.1. The van der Waals surface area contributed by atoms with Gasteiger partial charge in [-0.15, -0.1) is 11.5 Å². The number of hydrogen-bond donors (Lipinski definition) is 0. The first kappa shape index (κ1) is 15.6. The molecule has 0 bridgehead atoms. The van der Waals surface area contributed by atoms with Crippen LogP contribution in [0.25, 0.3) is 16.6 Å². The van der Waals surface area contributed by atoms with Crippen molar-refractivity contribution in [1.29, 1.82) is 0 Å². The first-order valence-electron chi connectivity index (χ1n) is 7.56. The van der Waals surface area contributed by atoms with Gasteiger partial charge in [0.05, 0.1) is 10.9 Å². The molecular weight excluding hydrogens is 372 g/mol. The second kappa shape index (κ2) is 5.87. The van der Waals surface area contributed by atoms with Crippen LogP contribution in [0.15, 0.2) is 71.5 Å². The van der Waals surface area contributed by atoms with Crippen molar-refractivity contribution in [2.24, 2.45) is 0 Å². The maximum Gasteiger partial charge on any atom is 0.298 e. The van der Waals surface area contributed by atoms with Gasteiger partial charge in [-0.05, 0) is 17.8 Å². The molecule has 3 nitrogen and oxygen atoms in total. The summed E-state index contributed by atoms with van der Waals surface area (Å²) in [5.41, 5.74) is 3.89. The van der Waals surface area contributed by atoms with Crippen molar-refractivity contribution in [3.05, 3.63) is 89.2 Å². The van der Waals surface area contributed by atoms with E-state index in [0.29, 0.717) is 0 Å². The van der Waals surface area contributed by atoms with Crippen molar-refractivity contribution >= 4 is 28.7 Å². The first-order chi connectivity index (χ1) is 11.4. The molecule has 1 aliphatic rings. The van der Waals surface area contributed by atoms with Crippen LogP contribution < -0.4 is 16.5 Å². The van der Waals surface area contributed by atoms with Crippen molar-refractivity contribution in [2.75, 3.05) is 0 Å². The molecule has 0 unspecified atom stereocenters. The Kier molecular flexibility index (Phi) is 3.82. The molecule has 5 rings (SSSR count). The summed E-state index contributed by atoms with van der Waals surface area (Å²) >= 11 is 0. The smallest absolute Gasteiger partial charge is 0.298 e. The molecule has 1 radical (unpaired) electrons. The van der Waals surface area contributed by atoms with Gasteiger partial charge in [-0.2, -0.15) is 54.0 Å². The maximum absolute atomic E-state index is 12.9. The van der Waals surface area contributed by atoms with E-state index >= 15 is 0 Å². The number of fused-ring (bicyclic) bond motifs is 5. The standard InChI is InChI=1S/C19H11BN2O.Y/c23-19-15-10-4-6-12-17(15)22-20(14-8-2-1-3-9-14)16-11-5-7-13-18(16)21(19)22;/h1-8,10,12-13H;/q-2;. The first-order valence-corrected chi connectivity index (χ1v) is 7.56. The second-order valence-corrected chi connectivity index (χ2v) is 5.67. The average molecular weight is 383 g/mol. The maximum atomic E-state index is 12.9. The van der Waals surface area contributed by atoms with Gasteiger partial charge in [0.15, 0.2) is 0 Å². The van der Waals surface area contributed by atoms with E-state index in [4.69, 9.17) is 0 Å². The summed E-state index contributed by atoms with van der Waals surface area (Å²) < 4.78 is 3.83. The zero-order valence-corrected chi connectivity index (χ0v) is 15.6. The van der Waals surface area contributed by atoms with Gasteiger partial charge in [0, 0.05) is 32.7 Å². The molecule has 2 heterocycles. The zero-order chi connectivity index (χ0) is 15.4. The molecule has 0 saturated heterocycles. The van der Waals surface area contributed by atoms with Gasteiger partial charge in [0.25, 0.3) is 12.4 Å². The Morgan fingerprint density at radius 1 is 0.875 bits per heavy atom. The van der Waals surface area contributed by atoms with E-state index < -0.39 is 0 Å². The summed E-state index contributed by atoms with van der Waals surface area (Å²) in [5, 5.41) is 0.739. The summed E-state index contributed by atoms with van der Waals surface area (Å²) in [7, 11) is 0. The molecule has 0 saturated carbocycles. The van der Waals surface area contributed by atoms with Gasteiger partial charge in [0.2, 0.25) is 0 Å². The number of para-hydroxylation sites is 1. The minimum Gasteiger partial charge on any atom is -0.326 e. The van der Waals surface area contributed by atoms with Crippen LogP contribution in [-0.4, -0.2) is 16.1 Å². The molecule has 111 valence electrons. The molecule has 0 spiro atoms. The van der Waals surface area contributed by atoms with Gasteiger partial charge in [-0.25, -0.2) is 0 Å². The van der Waals surface area contributed by atoms with Crippen molar-refractivity contribution in [2.45, 2.75) is 0 Å². The molecule has 0 atom stereocenters. The Hall–Kier alpha value is -1.90. The summed E-state index contributed by atoms with van der Waals surface area (Å²) in [5.74, 6) is 0. The predicted molar refractivity (Wildman–Crippen MR) is 92.1 cm³/mol. The Balaban J connectivity index is 0.00000146. The van der Waals surface area contributed by atoms with E-state index in [-0.39, 0.29) is 45.1 Å². The quantitative estimate of drug-likeness (QED) is 0.317. The average Bonchev–Trinajstić information content (AvgIpc) is 3.10. The van der Waals surface area contributed by atoms with Gasteiger partial charge in [0.1, 0.15) is 0 Å². The van der Waals surface area contributed by atoms with Crippen LogP contribution >= 0.6 is 0 Å². The number of nitrogens with zero attached hydrogens (tertiary/aromatic N) is 2. The monoisotopic (exact) mass is 383 g/mol. The van der Waals surface area contributed by atoms with E-state index in [1.54, 1.807) is 4.68 Å². The third kappa shape index (κ3) is 2.03. The molecule has 0 fully saturated rings. The van der Waals surface area contributed by atoms with Crippen LogP contribution in [0, 0.1) is 12.1 Å². The number of hydrogen-bond acceptors (Lipinski definition) is 1. The topological polar surface area (TPSA) is 26.9 Å². The third-order valence-electron chi connectivity index (χ3n) is 4.43. The normalized spacial score (nSPS) is 11.9. The van der Waals surface area contributed by atoms with E-state index in [1.165, 1.54) is 0 Å². The molecule has 24 heavy (non-hydrogen) atoms. The van der Waals surface area contributed by atoms with Crippen molar-refractivity contribution in [3.8, 4) is 5.69 Å². The summed E-state index contributed by atoms with van der Waals surface area (Å²) in [6.45, 7) is -0.0833. The van der Waals surface area contributed by atoms with E-state index in [1.807, 2.05) is 66.7 Å². The SMILES string of the molecule is O=c1c2ccccc2n2n1-c1ccc[c-]c1B2c1[c-]cccc1.[Y]. The summed E-state index contributed by atoms with van der Waals surface area (Å²) in [4.78, 5) is 12.9. The molecule has 0 N–H and O–H groups in total. The zero-order valence-electron chi connectivity index (χ0n) is 12.8. The Bertz CT molecular complexity index is 1100. The number of aromatic nitrogens is 2. The van der Waals surface area contributed by atoms with E-state index in [2.05, 4.69) is 16.7 Å². The second-order valence-electron chi connectivity index (χ2n) is 5.67. The fourth-order valence-corrected chi connectivity index (χ4v) is 3.49. The molecule has 0 amide bonds. The van der Waals surface area contributed by atoms with Crippen LogP contribution in [-0.2, 0) is 32.7 Å². The van der Waals surface area contributed by atoms with Gasteiger partial charge >= 0.3 is 0 Å². The molecular formula is C19H11BN2OY-2. The Morgan fingerprint density at radius 2 is 1.67 bits per heavy atom. The molecule has 1 aliphatic heterocycles. The van der Waals surface area contributed by atoms with Gasteiger partial charge in [-0.1, -0.05) is 12.1 Å². The Labute approximate surface area is 164 Å². The molecule has 3 aromatic carbocycles. The number of benzene rings is 3. The molecule has 4 aromatic rings. The van der Waals surface area contributed by atoms with Crippen LogP contribution in [0.2, 0.25) is 0 Å². The van der Waals surface area contributed by atoms with E-state index in [9.17, 15) is 4.79 Å². The molecule has 5 heteroatoms. The predicted octanol–water partition coefficient (Wildman–Crippen LogP) is 1.36. The largest absolute Gasteiger partial charge is 0.326 e. The van der Waals surface area contributed by atoms with E-state index in [0.717, 1.165) is 27.5 Å². The Morgan fingerprint density at radius 3 is 2.50 bits per heavy atom. The van der Waals surface area contributed by atoms with Crippen molar-refractivity contribution < 1.29 is 32.7 Å². The van der Waals surface area contributed by atoms with Crippen LogP contribution in [0.4, 0.5) is 0 Å². The van der Waals surface area contributed by atoms with Gasteiger partial charge in [-0.3, -0.25) is 9.48 Å². The third-order valence-corrected chi connectivity index (χ3v) is 4.43. The summed E-state index contributed by atoms with van der Waals surface area (Å²) in [6.07, 6.45) is 0. The molecule has 0 aliphatic carbocycles. The fraction of sp³-hybridized carbons (Fsp3) is 0. The fourth-order valence-electron chi connectivity index (χ4n) is 3.49. The van der Waals surface area contributed by atoms with Crippen LogP contribution in [0.3, 0.4) is 0 Å². The minimum atomic E-state index is -0.0833. The number of rotatable bonds is 1. The van der Waals surface area contributed by atoms with Crippen LogP contribution in [0.5, 0.6) is 0 Å².